The van der Waals surface area contributed by atoms with Crippen molar-refractivity contribution in [1.29, 1.82) is 0 Å². The number of carbonyl (C=O) groups excluding carboxylic acids is 1. The summed E-state index contributed by atoms with van der Waals surface area (Å²) in [4.78, 5) is 14.7. The van der Waals surface area contributed by atoms with Crippen LogP contribution in [0.4, 0.5) is 0 Å². The maximum absolute atomic E-state index is 10.6. The fourth-order valence-corrected chi connectivity index (χ4v) is 1.41. The number of hydrogen-bond donors (Lipinski definition) is 0. The number of carbonyl (C=O) groups is 1. The number of aromatic nitrogens is 2. The van der Waals surface area contributed by atoms with Gasteiger partial charge in [0.25, 0.3) is 5.89 Å². The van der Waals surface area contributed by atoms with E-state index in [1.165, 1.54) is 0 Å². The van der Waals surface area contributed by atoms with Gasteiger partial charge in [0.1, 0.15) is 12.0 Å². The van der Waals surface area contributed by atoms with Gasteiger partial charge in [0.05, 0.1) is 0 Å². The maximum atomic E-state index is 10.6. The van der Waals surface area contributed by atoms with Gasteiger partial charge in [-0.25, -0.2) is 0 Å². The highest BCUT2D eigenvalue weighted by Crippen LogP contribution is 2.17. The number of ether oxygens (including phenoxy) is 1. The molecular formula is C12H12N2O3. The second kappa shape index (κ2) is 4.78. The summed E-state index contributed by atoms with van der Waals surface area (Å²) >= 11 is 0. The van der Waals surface area contributed by atoms with Gasteiger partial charge in [0, 0.05) is 5.56 Å². The Hall–Kier alpha value is -2.17. The van der Waals surface area contributed by atoms with Gasteiger partial charge in [-0.15, -0.1) is 0 Å². The normalized spacial score (nSPS) is 10.2. The van der Waals surface area contributed by atoms with Crippen LogP contribution in [0.1, 0.15) is 27.6 Å². The minimum atomic E-state index is 0.223. The zero-order valence-corrected chi connectivity index (χ0v) is 9.64. The first-order valence-electron chi connectivity index (χ1n) is 5.17. The third-order valence-corrected chi connectivity index (χ3v) is 2.30. The average Bonchev–Trinajstić information content (AvgIpc) is 2.73. The molecule has 17 heavy (non-hydrogen) atoms. The number of benzene rings is 1. The molecular weight excluding hydrogens is 220 g/mol. The molecule has 0 unspecified atom stereocenters. The summed E-state index contributed by atoms with van der Waals surface area (Å²) in [5, 5.41) is 3.66. The molecule has 0 aliphatic rings. The topological polar surface area (TPSA) is 65.2 Å². The first-order valence-corrected chi connectivity index (χ1v) is 5.17. The largest absolute Gasteiger partial charge is 0.484 e. The zero-order valence-electron chi connectivity index (χ0n) is 9.64. The maximum Gasteiger partial charge on any atom is 0.264 e. The fourth-order valence-electron chi connectivity index (χ4n) is 1.41. The predicted molar refractivity (Wildman–Crippen MR) is 59.9 cm³/mol. The lowest BCUT2D eigenvalue weighted by Gasteiger charge is -2.05. The highest BCUT2D eigenvalue weighted by molar-refractivity contribution is 5.77. The summed E-state index contributed by atoms with van der Waals surface area (Å²) in [6.45, 7) is 3.82. The van der Waals surface area contributed by atoms with E-state index in [4.69, 9.17) is 9.26 Å². The van der Waals surface area contributed by atoms with E-state index in [2.05, 4.69) is 10.1 Å². The van der Waals surface area contributed by atoms with Gasteiger partial charge in [-0.1, -0.05) is 5.16 Å². The standard InChI is InChI=1S/C12H12N2O3/c1-8-5-11(4-3-10(8)6-15)16-7-12-13-9(2)14-17-12/h3-6H,7H2,1-2H3. The minimum absolute atomic E-state index is 0.223. The molecule has 5 nitrogen and oxygen atoms in total. The van der Waals surface area contributed by atoms with Crippen molar-refractivity contribution in [2.75, 3.05) is 0 Å². The molecule has 1 aromatic heterocycles. The van der Waals surface area contributed by atoms with E-state index in [1.807, 2.05) is 6.92 Å². The summed E-state index contributed by atoms with van der Waals surface area (Å²) in [5.74, 6) is 1.68. The Bertz CT molecular complexity index is 534. The molecule has 0 bridgehead atoms. The quantitative estimate of drug-likeness (QED) is 0.755. The van der Waals surface area contributed by atoms with Crippen molar-refractivity contribution in [2.24, 2.45) is 0 Å². The third-order valence-electron chi connectivity index (χ3n) is 2.30. The van der Waals surface area contributed by atoms with E-state index in [0.717, 1.165) is 11.8 Å². The van der Waals surface area contributed by atoms with Crippen molar-refractivity contribution in [3.8, 4) is 5.75 Å². The van der Waals surface area contributed by atoms with E-state index >= 15 is 0 Å². The second-order valence-corrected chi connectivity index (χ2v) is 3.66. The van der Waals surface area contributed by atoms with Crippen molar-refractivity contribution < 1.29 is 14.1 Å². The van der Waals surface area contributed by atoms with Crippen molar-refractivity contribution in [3.05, 3.63) is 41.0 Å². The van der Waals surface area contributed by atoms with Crippen molar-refractivity contribution in [3.63, 3.8) is 0 Å². The van der Waals surface area contributed by atoms with Crippen LogP contribution in [0.5, 0.6) is 5.75 Å². The van der Waals surface area contributed by atoms with Crippen LogP contribution in [0.15, 0.2) is 22.7 Å². The molecule has 2 aromatic rings. The number of nitrogens with zero attached hydrogens (tertiary/aromatic N) is 2. The molecule has 0 aliphatic carbocycles. The molecule has 1 heterocycles. The molecule has 88 valence electrons. The molecule has 0 radical (unpaired) electrons. The van der Waals surface area contributed by atoms with Gasteiger partial charge in [0.2, 0.25) is 0 Å². The third kappa shape index (κ3) is 2.69. The van der Waals surface area contributed by atoms with Gasteiger partial charge in [0.15, 0.2) is 12.4 Å². The molecule has 5 heteroatoms. The number of aryl methyl sites for hydroxylation is 2. The number of hydrogen-bond acceptors (Lipinski definition) is 5. The molecule has 0 saturated heterocycles. The molecule has 2 rings (SSSR count). The Morgan fingerprint density at radius 1 is 1.41 bits per heavy atom. The van der Waals surface area contributed by atoms with Crippen LogP contribution in [0.25, 0.3) is 0 Å². The highest BCUT2D eigenvalue weighted by atomic mass is 16.5. The van der Waals surface area contributed by atoms with Gasteiger partial charge in [-0.2, -0.15) is 4.98 Å². The molecule has 0 saturated carbocycles. The van der Waals surface area contributed by atoms with Crippen molar-refractivity contribution >= 4 is 6.29 Å². The molecule has 0 N–H and O–H groups in total. The molecule has 0 fully saturated rings. The summed E-state index contributed by atoms with van der Waals surface area (Å²) < 4.78 is 10.4. The summed E-state index contributed by atoms with van der Waals surface area (Å²) in [7, 11) is 0. The Morgan fingerprint density at radius 3 is 2.82 bits per heavy atom. The van der Waals surface area contributed by atoms with E-state index < -0.39 is 0 Å². The van der Waals surface area contributed by atoms with Gasteiger partial charge in [-0.05, 0) is 37.6 Å². The van der Waals surface area contributed by atoms with Gasteiger partial charge < -0.3 is 9.26 Å². The average molecular weight is 232 g/mol. The van der Waals surface area contributed by atoms with Crippen LogP contribution in [-0.2, 0) is 6.61 Å². The fraction of sp³-hybridized carbons (Fsp3) is 0.250. The summed E-state index contributed by atoms with van der Waals surface area (Å²) in [6.07, 6.45) is 0.820. The first-order chi connectivity index (χ1) is 8.19. The van der Waals surface area contributed by atoms with Crippen LogP contribution >= 0.6 is 0 Å². The summed E-state index contributed by atoms with van der Waals surface area (Å²) in [5.41, 5.74) is 1.53. The van der Waals surface area contributed by atoms with Crippen LogP contribution in [0.3, 0.4) is 0 Å². The lowest BCUT2D eigenvalue weighted by molar-refractivity contribution is 0.112. The highest BCUT2D eigenvalue weighted by Gasteiger charge is 2.04. The van der Waals surface area contributed by atoms with Crippen LogP contribution in [0.2, 0.25) is 0 Å². The van der Waals surface area contributed by atoms with E-state index in [-0.39, 0.29) is 6.61 Å². The van der Waals surface area contributed by atoms with Crippen molar-refractivity contribution in [2.45, 2.75) is 20.5 Å². The Labute approximate surface area is 98.4 Å². The van der Waals surface area contributed by atoms with Crippen molar-refractivity contribution in [1.82, 2.24) is 10.1 Å². The molecule has 0 amide bonds. The predicted octanol–water partition coefficient (Wildman–Crippen LogP) is 2.08. The van der Waals surface area contributed by atoms with E-state index in [9.17, 15) is 4.79 Å². The SMILES string of the molecule is Cc1noc(COc2ccc(C=O)c(C)c2)n1. The van der Waals surface area contributed by atoms with Gasteiger partial charge >= 0.3 is 0 Å². The second-order valence-electron chi connectivity index (χ2n) is 3.66. The van der Waals surface area contributed by atoms with Gasteiger partial charge in [-0.3, -0.25) is 4.79 Å². The van der Waals surface area contributed by atoms with E-state index in [1.54, 1.807) is 25.1 Å². The lowest BCUT2D eigenvalue weighted by Crippen LogP contribution is -1.97. The molecule has 0 spiro atoms. The Morgan fingerprint density at radius 2 is 2.24 bits per heavy atom. The van der Waals surface area contributed by atoms with Crippen LogP contribution in [0, 0.1) is 13.8 Å². The molecule has 1 aromatic carbocycles. The summed E-state index contributed by atoms with van der Waals surface area (Å²) in [6, 6.07) is 5.25. The van der Waals surface area contributed by atoms with E-state index in [0.29, 0.717) is 23.0 Å². The monoisotopic (exact) mass is 232 g/mol. The molecule has 0 atom stereocenters. The minimum Gasteiger partial charge on any atom is -0.484 e. The number of rotatable bonds is 4. The number of aldehydes is 1. The van der Waals surface area contributed by atoms with Crippen LogP contribution < -0.4 is 4.74 Å². The van der Waals surface area contributed by atoms with Crippen LogP contribution in [-0.4, -0.2) is 16.4 Å². The smallest absolute Gasteiger partial charge is 0.264 e. The lowest BCUT2D eigenvalue weighted by atomic mass is 10.1. The Kier molecular flexibility index (Phi) is 3.18. The zero-order chi connectivity index (χ0) is 12.3. The molecule has 0 aliphatic heterocycles. The first kappa shape index (κ1) is 11.3. The Balaban J connectivity index is 2.04.